The zero-order valence-electron chi connectivity index (χ0n) is 19.7. The van der Waals surface area contributed by atoms with E-state index in [1.807, 2.05) is 55.6 Å². The zero-order chi connectivity index (χ0) is 23.4. The molecule has 0 spiro atoms. The number of fused-ring (bicyclic) bond motifs is 1. The van der Waals surface area contributed by atoms with E-state index >= 15 is 0 Å². The highest BCUT2D eigenvalue weighted by molar-refractivity contribution is 5.94. The van der Waals surface area contributed by atoms with Crippen LogP contribution < -0.4 is 23.7 Å². The van der Waals surface area contributed by atoms with Gasteiger partial charge in [0, 0.05) is 18.6 Å². The number of aromatic nitrogens is 1. The smallest absolute Gasteiger partial charge is 0.205 e. The summed E-state index contributed by atoms with van der Waals surface area (Å²) in [5, 5.41) is 1.05. The summed E-state index contributed by atoms with van der Waals surface area (Å²) < 4.78 is 30.5. The monoisotopic (exact) mass is 447 g/mol. The van der Waals surface area contributed by atoms with E-state index < -0.39 is 0 Å². The van der Waals surface area contributed by atoms with Crippen LogP contribution in [0.2, 0.25) is 0 Å². The van der Waals surface area contributed by atoms with Gasteiger partial charge in [-0.2, -0.15) is 0 Å². The fourth-order valence-corrected chi connectivity index (χ4v) is 4.14. The van der Waals surface area contributed by atoms with Gasteiger partial charge in [-0.3, -0.25) is 0 Å². The second-order valence-corrected chi connectivity index (χ2v) is 7.74. The summed E-state index contributed by atoms with van der Waals surface area (Å²) in [6, 6.07) is 18.1. The lowest BCUT2D eigenvalue weighted by atomic mass is 10.0. The van der Waals surface area contributed by atoms with Crippen molar-refractivity contribution in [1.82, 2.24) is 4.57 Å². The lowest BCUT2D eigenvalue weighted by molar-refractivity contribution is 0.284. The topological polar surface area (TPSA) is 51.1 Å². The van der Waals surface area contributed by atoms with Gasteiger partial charge in [-0.15, -0.1) is 0 Å². The Morgan fingerprint density at radius 2 is 1.42 bits per heavy atom. The minimum atomic E-state index is 0.475. The van der Waals surface area contributed by atoms with Crippen molar-refractivity contribution in [3.63, 3.8) is 0 Å². The SMILES string of the molecule is COc1ccc(Cc2cn(C)c3c(OC)c(OC)c(OC)cc23)cc1OCc1ccccc1. The molecule has 6 nitrogen and oxygen atoms in total. The molecule has 33 heavy (non-hydrogen) atoms. The van der Waals surface area contributed by atoms with Crippen LogP contribution in [-0.2, 0) is 20.1 Å². The van der Waals surface area contributed by atoms with Gasteiger partial charge in [-0.05, 0) is 41.3 Å². The third-order valence-electron chi connectivity index (χ3n) is 5.71. The van der Waals surface area contributed by atoms with Gasteiger partial charge in [0.05, 0.1) is 34.0 Å². The lowest BCUT2D eigenvalue weighted by Gasteiger charge is -2.14. The number of hydrogen-bond acceptors (Lipinski definition) is 5. The van der Waals surface area contributed by atoms with E-state index in [-0.39, 0.29) is 0 Å². The summed E-state index contributed by atoms with van der Waals surface area (Å²) in [6.07, 6.45) is 2.82. The zero-order valence-corrected chi connectivity index (χ0v) is 19.7. The van der Waals surface area contributed by atoms with E-state index in [4.69, 9.17) is 23.7 Å². The number of rotatable bonds is 9. The molecule has 0 saturated heterocycles. The standard InChI is InChI=1S/C27H29NO5/c1-28-16-20(21-15-24(30-3)26(31-4)27(32-5)25(21)28)13-19-11-12-22(29-2)23(14-19)33-17-18-9-7-6-8-10-18/h6-12,14-16H,13,17H2,1-5H3. The number of hydrogen-bond donors (Lipinski definition) is 0. The van der Waals surface area contributed by atoms with Gasteiger partial charge in [-0.1, -0.05) is 36.4 Å². The molecule has 6 heteroatoms. The summed E-state index contributed by atoms with van der Waals surface area (Å²) in [5.74, 6) is 3.30. The van der Waals surface area contributed by atoms with E-state index in [1.54, 1.807) is 28.4 Å². The largest absolute Gasteiger partial charge is 0.493 e. The first-order chi connectivity index (χ1) is 16.1. The molecule has 1 heterocycles. The van der Waals surface area contributed by atoms with Crippen LogP contribution in [0.25, 0.3) is 10.9 Å². The third kappa shape index (κ3) is 4.42. The van der Waals surface area contributed by atoms with Crippen LogP contribution in [0.5, 0.6) is 28.7 Å². The minimum absolute atomic E-state index is 0.475. The Morgan fingerprint density at radius 3 is 2.09 bits per heavy atom. The number of benzene rings is 3. The molecule has 172 valence electrons. The van der Waals surface area contributed by atoms with E-state index in [1.165, 1.54) is 0 Å². The van der Waals surface area contributed by atoms with E-state index in [0.717, 1.165) is 33.3 Å². The van der Waals surface area contributed by atoms with Crippen molar-refractivity contribution in [2.75, 3.05) is 28.4 Å². The molecular weight excluding hydrogens is 418 g/mol. The predicted octanol–water partition coefficient (Wildman–Crippen LogP) is 5.38. The number of aryl methyl sites for hydroxylation is 1. The summed E-state index contributed by atoms with van der Waals surface area (Å²) in [5.41, 5.74) is 4.32. The molecule has 0 bridgehead atoms. The highest BCUT2D eigenvalue weighted by atomic mass is 16.5. The van der Waals surface area contributed by atoms with Crippen LogP contribution in [0, 0.1) is 0 Å². The van der Waals surface area contributed by atoms with Crippen molar-refractivity contribution in [2.24, 2.45) is 7.05 Å². The number of nitrogens with zero attached hydrogens (tertiary/aromatic N) is 1. The van der Waals surface area contributed by atoms with Crippen LogP contribution in [-0.4, -0.2) is 33.0 Å². The van der Waals surface area contributed by atoms with Crippen molar-refractivity contribution in [1.29, 1.82) is 0 Å². The molecule has 1 aromatic heterocycles. The summed E-state index contributed by atoms with van der Waals surface area (Å²) in [4.78, 5) is 0. The molecule has 3 aromatic carbocycles. The Morgan fingerprint density at radius 1 is 0.697 bits per heavy atom. The molecule has 0 aliphatic carbocycles. The summed E-state index contributed by atoms with van der Waals surface area (Å²) in [7, 11) is 8.54. The van der Waals surface area contributed by atoms with Gasteiger partial charge >= 0.3 is 0 Å². The Balaban J connectivity index is 1.69. The first-order valence-electron chi connectivity index (χ1n) is 10.7. The maximum Gasteiger partial charge on any atom is 0.205 e. The first-order valence-corrected chi connectivity index (χ1v) is 10.7. The first kappa shape index (κ1) is 22.4. The summed E-state index contributed by atoms with van der Waals surface area (Å²) >= 11 is 0. The van der Waals surface area contributed by atoms with Gasteiger partial charge in [0.2, 0.25) is 5.75 Å². The maximum atomic E-state index is 6.10. The molecule has 0 fully saturated rings. The van der Waals surface area contributed by atoms with Crippen molar-refractivity contribution >= 4 is 10.9 Å². The van der Waals surface area contributed by atoms with Gasteiger partial charge in [0.1, 0.15) is 6.61 Å². The highest BCUT2D eigenvalue weighted by Gasteiger charge is 2.21. The second kappa shape index (κ2) is 9.77. The van der Waals surface area contributed by atoms with Crippen LogP contribution in [0.3, 0.4) is 0 Å². The number of methoxy groups -OCH3 is 4. The van der Waals surface area contributed by atoms with Crippen molar-refractivity contribution in [2.45, 2.75) is 13.0 Å². The van der Waals surface area contributed by atoms with Gasteiger partial charge in [-0.25, -0.2) is 0 Å². The van der Waals surface area contributed by atoms with Gasteiger partial charge in [0.15, 0.2) is 23.0 Å². The minimum Gasteiger partial charge on any atom is -0.493 e. The molecule has 0 atom stereocenters. The molecule has 0 aliphatic rings. The second-order valence-electron chi connectivity index (χ2n) is 7.74. The Labute approximate surface area is 194 Å². The maximum absolute atomic E-state index is 6.10. The van der Waals surface area contributed by atoms with Gasteiger partial charge in [0.25, 0.3) is 0 Å². The Kier molecular flexibility index (Phi) is 6.63. The predicted molar refractivity (Wildman–Crippen MR) is 129 cm³/mol. The lowest BCUT2D eigenvalue weighted by Crippen LogP contribution is -1.99. The molecule has 0 aliphatic heterocycles. The molecule has 4 aromatic rings. The molecular formula is C27H29NO5. The van der Waals surface area contributed by atoms with Crippen molar-refractivity contribution in [3.8, 4) is 28.7 Å². The third-order valence-corrected chi connectivity index (χ3v) is 5.71. The van der Waals surface area contributed by atoms with Crippen LogP contribution >= 0.6 is 0 Å². The van der Waals surface area contributed by atoms with E-state index in [2.05, 4.69) is 16.8 Å². The van der Waals surface area contributed by atoms with Gasteiger partial charge < -0.3 is 28.3 Å². The average molecular weight is 448 g/mol. The molecule has 0 N–H and O–H groups in total. The molecule has 0 radical (unpaired) electrons. The van der Waals surface area contributed by atoms with Crippen LogP contribution in [0.15, 0.2) is 60.8 Å². The molecule has 0 unspecified atom stereocenters. The fourth-order valence-electron chi connectivity index (χ4n) is 4.14. The van der Waals surface area contributed by atoms with Crippen molar-refractivity contribution < 1.29 is 23.7 Å². The van der Waals surface area contributed by atoms with Crippen molar-refractivity contribution in [3.05, 3.63) is 77.5 Å². The highest BCUT2D eigenvalue weighted by Crippen LogP contribution is 2.45. The Bertz CT molecular complexity index is 1250. The normalized spacial score (nSPS) is 10.8. The van der Waals surface area contributed by atoms with Crippen LogP contribution in [0.1, 0.15) is 16.7 Å². The van der Waals surface area contributed by atoms with E-state index in [0.29, 0.717) is 36.0 Å². The number of ether oxygens (including phenoxy) is 5. The quantitative estimate of drug-likeness (QED) is 0.345. The van der Waals surface area contributed by atoms with E-state index in [9.17, 15) is 0 Å². The van der Waals surface area contributed by atoms with Crippen LogP contribution in [0.4, 0.5) is 0 Å². The molecule has 0 amide bonds. The summed E-state index contributed by atoms with van der Waals surface area (Å²) in [6.45, 7) is 0.475. The fraction of sp³-hybridized carbons (Fsp3) is 0.259. The average Bonchev–Trinajstić information content (AvgIpc) is 3.16. The molecule has 0 saturated carbocycles. The molecule has 4 rings (SSSR count). The Hall–Kier alpha value is -3.80.